The second kappa shape index (κ2) is 6.07. The molecular formula is C18H22FN3O2. The fourth-order valence-corrected chi connectivity index (χ4v) is 3.55. The van der Waals surface area contributed by atoms with Crippen LogP contribution in [0, 0.1) is 5.82 Å². The predicted molar refractivity (Wildman–Crippen MR) is 88.3 cm³/mol. The minimum Gasteiger partial charge on any atom is -0.338 e. The number of benzene rings is 1. The Hall–Kier alpha value is -2.11. The van der Waals surface area contributed by atoms with E-state index in [1.165, 1.54) is 12.5 Å². The average molecular weight is 331 g/mol. The number of amides is 3. The molecule has 1 atom stereocenters. The Bertz CT molecular complexity index is 670. The van der Waals surface area contributed by atoms with E-state index in [4.69, 9.17) is 0 Å². The van der Waals surface area contributed by atoms with Gasteiger partial charge in [-0.15, -0.1) is 0 Å². The van der Waals surface area contributed by atoms with E-state index in [0.717, 1.165) is 32.2 Å². The number of rotatable bonds is 4. The van der Waals surface area contributed by atoms with E-state index in [0.29, 0.717) is 23.7 Å². The molecule has 24 heavy (non-hydrogen) atoms. The molecule has 2 saturated carbocycles. The molecule has 6 heteroatoms. The Balaban J connectivity index is 1.35. The van der Waals surface area contributed by atoms with Crippen LogP contribution in [0.25, 0.3) is 0 Å². The highest BCUT2D eigenvalue weighted by Crippen LogP contribution is 2.42. The molecule has 1 heterocycles. The Morgan fingerprint density at radius 1 is 1.17 bits per heavy atom. The van der Waals surface area contributed by atoms with Gasteiger partial charge in [-0.1, -0.05) is 0 Å². The number of likely N-dealkylation sites (tertiary alicyclic amines) is 1. The highest BCUT2D eigenvalue weighted by Gasteiger charge is 2.38. The molecule has 0 bridgehead atoms. The summed E-state index contributed by atoms with van der Waals surface area (Å²) in [6.45, 7) is 0.719. The van der Waals surface area contributed by atoms with Crippen molar-refractivity contribution in [2.24, 2.45) is 0 Å². The lowest BCUT2D eigenvalue weighted by Gasteiger charge is -2.34. The molecule has 5 nitrogen and oxygen atoms in total. The first-order valence-corrected chi connectivity index (χ1v) is 8.79. The van der Waals surface area contributed by atoms with Gasteiger partial charge in [0.25, 0.3) is 0 Å². The van der Waals surface area contributed by atoms with Crippen molar-refractivity contribution >= 4 is 17.6 Å². The summed E-state index contributed by atoms with van der Waals surface area (Å²) in [7, 11) is 0. The van der Waals surface area contributed by atoms with Crippen LogP contribution in [0.3, 0.4) is 0 Å². The van der Waals surface area contributed by atoms with Gasteiger partial charge in [0, 0.05) is 18.3 Å². The average Bonchev–Trinajstić information content (AvgIpc) is 3.29. The number of nitrogens with one attached hydrogen (secondary N) is 2. The van der Waals surface area contributed by atoms with Crippen LogP contribution in [0.2, 0.25) is 0 Å². The summed E-state index contributed by atoms with van der Waals surface area (Å²) in [6, 6.07) is 4.15. The zero-order chi connectivity index (χ0) is 16.7. The third kappa shape index (κ3) is 2.97. The Kier molecular flexibility index (Phi) is 3.90. The van der Waals surface area contributed by atoms with Gasteiger partial charge in [0.2, 0.25) is 5.91 Å². The van der Waals surface area contributed by atoms with E-state index in [1.54, 1.807) is 12.1 Å². The minimum absolute atomic E-state index is 0.0209. The lowest BCUT2D eigenvalue weighted by molar-refractivity contribution is -0.132. The second-order valence-electron chi connectivity index (χ2n) is 7.07. The van der Waals surface area contributed by atoms with Crippen molar-refractivity contribution in [3.63, 3.8) is 0 Å². The third-order valence-electron chi connectivity index (χ3n) is 5.33. The van der Waals surface area contributed by atoms with E-state index in [2.05, 4.69) is 10.6 Å². The van der Waals surface area contributed by atoms with Crippen LogP contribution >= 0.6 is 0 Å². The lowest BCUT2D eigenvalue weighted by Crippen LogP contribution is -2.47. The summed E-state index contributed by atoms with van der Waals surface area (Å²) in [4.78, 5) is 26.4. The lowest BCUT2D eigenvalue weighted by atomic mass is 9.92. The summed E-state index contributed by atoms with van der Waals surface area (Å²) in [5.41, 5.74) is 1.23. The third-order valence-corrected chi connectivity index (χ3v) is 5.33. The van der Waals surface area contributed by atoms with Crippen LogP contribution in [0.5, 0.6) is 0 Å². The minimum atomic E-state index is -0.450. The van der Waals surface area contributed by atoms with E-state index in [9.17, 15) is 14.0 Å². The largest absolute Gasteiger partial charge is 0.338 e. The Morgan fingerprint density at radius 3 is 2.62 bits per heavy atom. The molecule has 4 rings (SSSR count). The van der Waals surface area contributed by atoms with Gasteiger partial charge >= 0.3 is 6.03 Å². The zero-order valence-electron chi connectivity index (χ0n) is 13.6. The molecule has 3 aliphatic rings. The fraction of sp³-hybridized carbons (Fsp3) is 0.556. The highest BCUT2D eigenvalue weighted by molar-refractivity contribution is 5.94. The summed E-state index contributed by atoms with van der Waals surface area (Å²) in [6.07, 6.45) is 5.98. The Morgan fingerprint density at radius 2 is 1.96 bits per heavy atom. The van der Waals surface area contributed by atoms with Crippen molar-refractivity contribution in [1.29, 1.82) is 0 Å². The van der Waals surface area contributed by atoms with Gasteiger partial charge in [0.05, 0.1) is 0 Å². The normalized spacial score (nSPS) is 24.0. The molecule has 1 unspecified atom stereocenters. The Labute approximate surface area is 140 Å². The van der Waals surface area contributed by atoms with Crippen LogP contribution in [0.15, 0.2) is 18.2 Å². The zero-order valence-corrected chi connectivity index (χ0v) is 13.6. The molecule has 0 aromatic heterocycles. The van der Waals surface area contributed by atoms with E-state index in [-0.39, 0.29) is 17.6 Å². The van der Waals surface area contributed by atoms with Gasteiger partial charge in [-0.2, -0.15) is 0 Å². The van der Waals surface area contributed by atoms with Crippen LogP contribution in [0.4, 0.5) is 14.9 Å². The number of carbonyl (C=O) groups excluding carboxylic acids is 2. The van der Waals surface area contributed by atoms with Crippen molar-refractivity contribution in [3.05, 3.63) is 29.6 Å². The molecule has 128 valence electrons. The van der Waals surface area contributed by atoms with Crippen LogP contribution < -0.4 is 10.6 Å². The molecule has 0 spiro atoms. The van der Waals surface area contributed by atoms with Crippen LogP contribution in [-0.4, -0.2) is 35.5 Å². The molecule has 1 saturated heterocycles. The standard InChI is InChI=1S/C18H22FN3O2/c19-15-7-6-12(10-14(15)11-4-5-11)20-18(24)21-16-8-9-22(17(16)23)13-2-1-3-13/h6-7,10-11,13,16H,1-5,8-9H2,(H2,20,21,24). The van der Waals surface area contributed by atoms with Crippen molar-refractivity contribution in [2.45, 2.75) is 56.5 Å². The van der Waals surface area contributed by atoms with Gasteiger partial charge in [-0.3, -0.25) is 4.79 Å². The number of carbonyl (C=O) groups is 2. The smallest absolute Gasteiger partial charge is 0.319 e. The van der Waals surface area contributed by atoms with Crippen molar-refractivity contribution in [1.82, 2.24) is 10.2 Å². The molecule has 0 radical (unpaired) electrons. The number of hydrogen-bond acceptors (Lipinski definition) is 2. The number of hydrogen-bond donors (Lipinski definition) is 2. The van der Waals surface area contributed by atoms with Crippen LogP contribution in [-0.2, 0) is 4.79 Å². The number of urea groups is 1. The molecule has 1 aromatic rings. The molecule has 1 aliphatic heterocycles. The summed E-state index contributed by atoms with van der Waals surface area (Å²) in [5, 5.41) is 5.48. The second-order valence-corrected chi connectivity index (χ2v) is 7.07. The van der Waals surface area contributed by atoms with Gasteiger partial charge in [-0.25, -0.2) is 9.18 Å². The maximum absolute atomic E-state index is 13.8. The van der Waals surface area contributed by atoms with Gasteiger partial charge in [-0.05, 0) is 68.2 Å². The van der Waals surface area contributed by atoms with Crippen LogP contribution in [0.1, 0.15) is 50.0 Å². The SMILES string of the molecule is O=C(Nc1ccc(F)c(C2CC2)c1)NC1CCN(C2CCC2)C1=O. The van der Waals surface area contributed by atoms with E-state index in [1.807, 2.05) is 4.90 Å². The van der Waals surface area contributed by atoms with Crippen molar-refractivity contribution in [2.75, 3.05) is 11.9 Å². The first-order valence-electron chi connectivity index (χ1n) is 8.79. The summed E-state index contributed by atoms with van der Waals surface area (Å²) >= 11 is 0. The van der Waals surface area contributed by atoms with Gasteiger partial charge in [0.1, 0.15) is 11.9 Å². The molecular weight excluding hydrogens is 309 g/mol. The molecule has 2 N–H and O–H groups in total. The van der Waals surface area contributed by atoms with Gasteiger partial charge < -0.3 is 15.5 Å². The first kappa shape index (κ1) is 15.4. The monoisotopic (exact) mass is 331 g/mol. The fourth-order valence-electron chi connectivity index (χ4n) is 3.55. The first-order chi connectivity index (χ1) is 11.6. The summed E-state index contributed by atoms with van der Waals surface area (Å²) in [5.74, 6) is 0.0838. The number of halogens is 1. The molecule has 1 aromatic carbocycles. The number of anilines is 1. The topological polar surface area (TPSA) is 61.4 Å². The maximum atomic E-state index is 13.8. The van der Waals surface area contributed by atoms with Gasteiger partial charge in [0.15, 0.2) is 0 Å². The molecule has 2 aliphatic carbocycles. The molecule has 3 fully saturated rings. The van der Waals surface area contributed by atoms with Crippen molar-refractivity contribution < 1.29 is 14.0 Å². The maximum Gasteiger partial charge on any atom is 0.319 e. The highest BCUT2D eigenvalue weighted by atomic mass is 19.1. The number of nitrogens with zero attached hydrogens (tertiary/aromatic N) is 1. The molecule has 3 amide bonds. The van der Waals surface area contributed by atoms with Crippen molar-refractivity contribution in [3.8, 4) is 0 Å². The van der Waals surface area contributed by atoms with E-state index >= 15 is 0 Å². The predicted octanol–water partition coefficient (Wildman–Crippen LogP) is 2.98. The van der Waals surface area contributed by atoms with E-state index < -0.39 is 12.1 Å². The quantitative estimate of drug-likeness (QED) is 0.891. The summed E-state index contributed by atoms with van der Waals surface area (Å²) < 4.78 is 13.8.